The Balaban J connectivity index is 2.25. The molecule has 0 heterocycles. The minimum absolute atomic E-state index is 0.148. The molecule has 24 heavy (non-hydrogen) atoms. The molecule has 0 amide bonds. The standard InChI is InChI=1S/C21H28O2Si/c1-4-24(5-2,6-3)23-21(19-15-11-8-12-16-19)17-20(22)18-13-9-7-10-14-18/h7-16,21H,4-6,17H2,1-3H3. The van der Waals surface area contributed by atoms with Crippen LogP contribution in [0.4, 0.5) is 0 Å². The highest BCUT2D eigenvalue weighted by Crippen LogP contribution is 2.32. The minimum atomic E-state index is -1.78. The average Bonchev–Trinajstić information content (AvgIpc) is 2.66. The fourth-order valence-electron chi connectivity index (χ4n) is 3.11. The predicted molar refractivity (Wildman–Crippen MR) is 103 cm³/mol. The first-order chi connectivity index (χ1) is 11.6. The molecule has 0 bridgehead atoms. The lowest BCUT2D eigenvalue weighted by atomic mass is 10.0. The first-order valence-corrected chi connectivity index (χ1v) is 11.5. The molecule has 0 saturated heterocycles. The molecule has 0 aromatic heterocycles. The lowest BCUT2D eigenvalue weighted by molar-refractivity contribution is 0.0895. The first kappa shape index (κ1) is 18.6. The molecule has 1 atom stereocenters. The van der Waals surface area contributed by atoms with Crippen LogP contribution in [0.5, 0.6) is 0 Å². The van der Waals surface area contributed by atoms with Gasteiger partial charge in [0, 0.05) is 12.0 Å². The van der Waals surface area contributed by atoms with Gasteiger partial charge in [-0.25, -0.2) is 0 Å². The Morgan fingerprint density at radius 3 is 1.88 bits per heavy atom. The third kappa shape index (κ3) is 4.65. The van der Waals surface area contributed by atoms with Crippen LogP contribution in [0.25, 0.3) is 0 Å². The zero-order valence-electron chi connectivity index (χ0n) is 15.0. The van der Waals surface area contributed by atoms with Gasteiger partial charge in [0.05, 0.1) is 6.10 Å². The lowest BCUT2D eigenvalue weighted by Gasteiger charge is -2.33. The molecular formula is C21H28O2Si. The summed E-state index contributed by atoms with van der Waals surface area (Å²) in [6.07, 6.45) is 0.258. The van der Waals surface area contributed by atoms with Crippen LogP contribution in [-0.2, 0) is 4.43 Å². The molecule has 0 spiro atoms. The van der Waals surface area contributed by atoms with Crippen LogP contribution in [0, 0.1) is 0 Å². The van der Waals surface area contributed by atoms with E-state index in [-0.39, 0.29) is 11.9 Å². The van der Waals surface area contributed by atoms with Crippen molar-refractivity contribution in [3.8, 4) is 0 Å². The Morgan fingerprint density at radius 2 is 1.38 bits per heavy atom. The summed E-state index contributed by atoms with van der Waals surface area (Å²) >= 11 is 0. The molecule has 0 fully saturated rings. The summed E-state index contributed by atoms with van der Waals surface area (Å²) in [6, 6.07) is 23.0. The van der Waals surface area contributed by atoms with Crippen LogP contribution in [-0.4, -0.2) is 14.1 Å². The second kappa shape index (κ2) is 8.95. The topological polar surface area (TPSA) is 26.3 Å². The number of benzene rings is 2. The summed E-state index contributed by atoms with van der Waals surface area (Å²) in [7, 11) is -1.78. The van der Waals surface area contributed by atoms with Crippen LogP contribution in [0.3, 0.4) is 0 Å². The molecule has 2 aromatic rings. The molecular weight excluding hydrogens is 312 g/mol. The number of carbonyl (C=O) groups is 1. The zero-order chi connectivity index (χ0) is 17.4. The second-order valence-corrected chi connectivity index (χ2v) is 11.0. The largest absolute Gasteiger partial charge is 0.409 e. The van der Waals surface area contributed by atoms with Gasteiger partial charge in [-0.05, 0) is 23.7 Å². The van der Waals surface area contributed by atoms with Crippen molar-refractivity contribution in [2.24, 2.45) is 0 Å². The summed E-state index contributed by atoms with van der Waals surface area (Å²) in [6.45, 7) is 6.67. The summed E-state index contributed by atoms with van der Waals surface area (Å²) in [5.41, 5.74) is 1.87. The summed E-state index contributed by atoms with van der Waals surface area (Å²) in [4.78, 5) is 12.7. The molecule has 0 radical (unpaired) electrons. The molecule has 2 rings (SSSR count). The van der Waals surface area contributed by atoms with Crippen molar-refractivity contribution in [2.45, 2.75) is 51.4 Å². The van der Waals surface area contributed by atoms with Crippen molar-refractivity contribution in [3.63, 3.8) is 0 Å². The quantitative estimate of drug-likeness (QED) is 0.412. The highest BCUT2D eigenvalue weighted by Gasteiger charge is 2.33. The Bertz CT molecular complexity index is 613. The van der Waals surface area contributed by atoms with Gasteiger partial charge < -0.3 is 4.43 Å². The van der Waals surface area contributed by atoms with E-state index in [2.05, 4.69) is 32.9 Å². The third-order valence-corrected chi connectivity index (χ3v) is 9.61. The van der Waals surface area contributed by atoms with E-state index in [1.54, 1.807) is 0 Å². The molecule has 0 N–H and O–H groups in total. The van der Waals surface area contributed by atoms with Gasteiger partial charge >= 0.3 is 0 Å². The zero-order valence-corrected chi connectivity index (χ0v) is 16.0. The van der Waals surface area contributed by atoms with Crippen LogP contribution in [0.2, 0.25) is 18.1 Å². The Hall–Kier alpha value is -1.71. The number of ketones is 1. The van der Waals surface area contributed by atoms with E-state index in [0.717, 1.165) is 29.3 Å². The van der Waals surface area contributed by atoms with E-state index in [4.69, 9.17) is 4.43 Å². The van der Waals surface area contributed by atoms with Crippen LogP contribution >= 0.6 is 0 Å². The number of rotatable bonds is 9. The van der Waals surface area contributed by atoms with Crippen molar-refractivity contribution in [1.29, 1.82) is 0 Å². The molecule has 128 valence electrons. The summed E-state index contributed by atoms with van der Waals surface area (Å²) in [5, 5.41) is 0. The predicted octanol–water partition coefficient (Wildman–Crippen LogP) is 6.02. The highest BCUT2D eigenvalue weighted by atomic mass is 28.4. The van der Waals surface area contributed by atoms with Crippen molar-refractivity contribution in [2.75, 3.05) is 0 Å². The fourth-order valence-corrected chi connectivity index (χ4v) is 5.93. The molecule has 3 heteroatoms. The van der Waals surface area contributed by atoms with E-state index in [9.17, 15) is 4.79 Å². The van der Waals surface area contributed by atoms with Gasteiger partial charge in [0.2, 0.25) is 0 Å². The van der Waals surface area contributed by atoms with Gasteiger partial charge in [0.15, 0.2) is 14.1 Å². The smallest absolute Gasteiger partial charge is 0.192 e. The maximum absolute atomic E-state index is 12.7. The van der Waals surface area contributed by atoms with Crippen molar-refractivity contribution < 1.29 is 9.22 Å². The van der Waals surface area contributed by atoms with Gasteiger partial charge in [-0.2, -0.15) is 0 Å². The first-order valence-electron chi connectivity index (χ1n) is 8.95. The maximum Gasteiger partial charge on any atom is 0.192 e. The fraction of sp³-hybridized carbons (Fsp3) is 0.381. The Kier molecular flexibility index (Phi) is 6.94. The minimum Gasteiger partial charge on any atom is -0.409 e. The number of Topliss-reactive ketones (excluding diaryl/α,β-unsaturated/α-hetero) is 1. The number of carbonyl (C=O) groups excluding carboxylic acids is 1. The van der Waals surface area contributed by atoms with Gasteiger partial charge in [0.25, 0.3) is 0 Å². The van der Waals surface area contributed by atoms with E-state index in [1.165, 1.54) is 0 Å². The van der Waals surface area contributed by atoms with Crippen LogP contribution in [0.1, 0.15) is 49.2 Å². The van der Waals surface area contributed by atoms with Crippen LogP contribution in [0.15, 0.2) is 60.7 Å². The molecule has 2 nitrogen and oxygen atoms in total. The highest BCUT2D eigenvalue weighted by molar-refractivity contribution is 6.73. The van der Waals surface area contributed by atoms with E-state index < -0.39 is 8.32 Å². The second-order valence-electron chi connectivity index (χ2n) is 6.25. The summed E-state index contributed by atoms with van der Waals surface area (Å²) in [5.74, 6) is 0.149. The monoisotopic (exact) mass is 340 g/mol. The molecule has 1 unspecified atom stereocenters. The number of hydrogen-bond donors (Lipinski definition) is 0. The van der Waals surface area contributed by atoms with Crippen molar-refractivity contribution >= 4 is 14.1 Å². The molecule has 0 saturated carbocycles. The van der Waals surface area contributed by atoms with Gasteiger partial charge in [0.1, 0.15) is 0 Å². The SMILES string of the molecule is CC[Si](CC)(CC)OC(CC(=O)c1ccccc1)c1ccccc1. The lowest BCUT2D eigenvalue weighted by Crippen LogP contribution is -2.37. The van der Waals surface area contributed by atoms with Crippen LogP contribution < -0.4 is 0 Å². The molecule has 0 aliphatic heterocycles. The summed E-state index contributed by atoms with van der Waals surface area (Å²) < 4.78 is 6.68. The van der Waals surface area contributed by atoms with Gasteiger partial charge in [-0.3, -0.25) is 4.79 Å². The van der Waals surface area contributed by atoms with Gasteiger partial charge in [-0.1, -0.05) is 81.4 Å². The van der Waals surface area contributed by atoms with E-state index in [0.29, 0.717) is 6.42 Å². The Labute approximate surface area is 147 Å². The van der Waals surface area contributed by atoms with E-state index >= 15 is 0 Å². The van der Waals surface area contributed by atoms with Crippen molar-refractivity contribution in [3.05, 3.63) is 71.8 Å². The van der Waals surface area contributed by atoms with E-state index in [1.807, 2.05) is 48.5 Å². The Morgan fingerprint density at radius 1 is 0.875 bits per heavy atom. The molecule has 0 aliphatic rings. The maximum atomic E-state index is 12.7. The molecule has 0 aliphatic carbocycles. The number of hydrogen-bond acceptors (Lipinski definition) is 2. The third-order valence-electron chi connectivity index (χ3n) is 4.96. The van der Waals surface area contributed by atoms with Gasteiger partial charge in [-0.15, -0.1) is 0 Å². The average molecular weight is 341 g/mol. The van der Waals surface area contributed by atoms with Crippen molar-refractivity contribution in [1.82, 2.24) is 0 Å². The normalized spacial score (nSPS) is 12.8. The molecule has 2 aromatic carbocycles.